The summed E-state index contributed by atoms with van der Waals surface area (Å²) in [7, 11) is 0. The van der Waals surface area contributed by atoms with Crippen LogP contribution in [0.2, 0.25) is 0 Å². The summed E-state index contributed by atoms with van der Waals surface area (Å²) in [6, 6.07) is 1.63. The molecule has 0 unspecified atom stereocenters. The normalized spacial score (nSPS) is 17.4. The van der Waals surface area contributed by atoms with Gasteiger partial charge in [0, 0.05) is 30.8 Å². The zero-order chi connectivity index (χ0) is 16.5. The number of hydrogen-bond acceptors (Lipinski definition) is 6. The first-order chi connectivity index (χ1) is 11.7. The third-order valence-corrected chi connectivity index (χ3v) is 5.12. The molecule has 2 aromatic heterocycles. The SMILES string of the molecule is O=C(CSc1nnc(C2CC2)o1)c1c[nH]c(C(=O)N2CCCC2)c1. The molecule has 0 bridgehead atoms. The number of aromatic nitrogens is 3. The average Bonchev–Trinajstić information content (AvgIpc) is 3.07. The number of rotatable bonds is 6. The number of likely N-dealkylation sites (tertiary alicyclic amines) is 1. The molecule has 126 valence electrons. The zero-order valence-electron chi connectivity index (χ0n) is 13.2. The molecule has 2 aliphatic rings. The summed E-state index contributed by atoms with van der Waals surface area (Å²) in [4.78, 5) is 29.3. The average molecular weight is 346 g/mol. The van der Waals surface area contributed by atoms with Gasteiger partial charge in [-0.3, -0.25) is 9.59 Å². The third kappa shape index (κ3) is 3.24. The summed E-state index contributed by atoms with van der Waals surface area (Å²) < 4.78 is 5.52. The Morgan fingerprint density at radius 2 is 2.08 bits per heavy atom. The van der Waals surface area contributed by atoms with Gasteiger partial charge in [0.1, 0.15) is 5.69 Å². The first-order valence-electron chi connectivity index (χ1n) is 8.18. The maximum absolute atomic E-state index is 12.3. The molecule has 8 heteroatoms. The maximum atomic E-state index is 12.3. The predicted molar refractivity (Wildman–Crippen MR) is 87.3 cm³/mol. The molecular weight excluding hydrogens is 328 g/mol. The molecule has 1 aliphatic heterocycles. The van der Waals surface area contributed by atoms with Gasteiger partial charge in [0.15, 0.2) is 5.78 Å². The Kier molecular flexibility index (Phi) is 4.13. The monoisotopic (exact) mass is 346 g/mol. The van der Waals surface area contributed by atoms with Crippen molar-refractivity contribution in [2.45, 2.75) is 36.8 Å². The lowest BCUT2D eigenvalue weighted by molar-refractivity contribution is 0.0787. The topological polar surface area (TPSA) is 92.1 Å². The van der Waals surface area contributed by atoms with Gasteiger partial charge < -0.3 is 14.3 Å². The number of thioether (sulfide) groups is 1. The fourth-order valence-electron chi connectivity index (χ4n) is 2.75. The van der Waals surface area contributed by atoms with Crippen molar-refractivity contribution in [1.29, 1.82) is 0 Å². The van der Waals surface area contributed by atoms with Gasteiger partial charge >= 0.3 is 0 Å². The molecule has 0 aromatic carbocycles. The summed E-state index contributed by atoms with van der Waals surface area (Å²) in [5, 5.41) is 8.37. The van der Waals surface area contributed by atoms with Crippen molar-refractivity contribution in [3.8, 4) is 0 Å². The van der Waals surface area contributed by atoms with Crippen molar-refractivity contribution < 1.29 is 14.0 Å². The third-order valence-electron chi connectivity index (χ3n) is 4.30. The number of carbonyl (C=O) groups is 2. The Morgan fingerprint density at radius 1 is 1.29 bits per heavy atom. The largest absolute Gasteiger partial charge is 0.416 e. The summed E-state index contributed by atoms with van der Waals surface area (Å²) in [5.74, 6) is 1.19. The van der Waals surface area contributed by atoms with E-state index >= 15 is 0 Å². The number of nitrogens with one attached hydrogen (secondary N) is 1. The lowest BCUT2D eigenvalue weighted by Gasteiger charge is -2.13. The maximum Gasteiger partial charge on any atom is 0.277 e. The Bertz CT molecular complexity index is 759. The van der Waals surface area contributed by atoms with Crippen molar-refractivity contribution in [3.63, 3.8) is 0 Å². The number of amides is 1. The minimum Gasteiger partial charge on any atom is -0.416 e. The molecule has 4 rings (SSSR count). The first-order valence-corrected chi connectivity index (χ1v) is 9.16. The highest BCUT2D eigenvalue weighted by atomic mass is 32.2. The van der Waals surface area contributed by atoms with Crippen LogP contribution in [0.4, 0.5) is 0 Å². The highest BCUT2D eigenvalue weighted by Crippen LogP contribution is 2.39. The Morgan fingerprint density at radius 3 is 2.83 bits per heavy atom. The second-order valence-electron chi connectivity index (χ2n) is 6.19. The fraction of sp³-hybridized carbons (Fsp3) is 0.500. The Labute approximate surface area is 143 Å². The van der Waals surface area contributed by atoms with Gasteiger partial charge in [0.05, 0.1) is 5.75 Å². The van der Waals surface area contributed by atoms with Gasteiger partial charge in [-0.05, 0) is 31.7 Å². The first kappa shape index (κ1) is 15.4. The van der Waals surface area contributed by atoms with E-state index in [2.05, 4.69) is 15.2 Å². The van der Waals surface area contributed by atoms with Gasteiger partial charge in [-0.15, -0.1) is 10.2 Å². The molecule has 3 heterocycles. The van der Waals surface area contributed by atoms with Crippen molar-refractivity contribution in [3.05, 3.63) is 29.4 Å². The number of carbonyl (C=O) groups excluding carboxylic acids is 2. The second-order valence-corrected chi connectivity index (χ2v) is 7.12. The fourth-order valence-corrected chi connectivity index (χ4v) is 3.42. The van der Waals surface area contributed by atoms with Crippen LogP contribution < -0.4 is 0 Å². The van der Waals surface area contributed by atoms with E-state index in [4.69, 9.17) is 4.42 Å². The van der Waals surface area contributed by atoms with Crippen LogP contribution >= 0.6 is 11.8 Å². The molecule has 0 radical (unpaired) electrons. The van der Waals surface area contributed by atoms with Crippen molar-refractivity contribution in [2.75, 3.05) is 18.8 Å². The number of nitrogens with zero attached hydrogens (tertiary/aromatic N) is 3. The number of H-pyrrole nitrogens is 1. The van der Waals surface area contributed by atoms with Gasteiger partial charge in [-0.2, -0.15) is 0 Å². The van der Waals surface area contributed by atoms with Crippen molar-refractivity contribution >= 4 is 23.5 Å². The molecule has 0 spiro atoms. The molecule has 1 saturated carbocycles. The molecule has 2 aromatic rings. The summed E-state index contributed by atoms with van der Waals surface area (Å²) >= 11 is 1.23. The molecule has 1 N–H and O–H groups in total. The molecule has 1 aliphatic carbocycles. The minimum absolute atomic E-state index is 0.0369. The zero-order valence-corrected chi connectivity index (χ0v) is 14.0. The van der Waals surface area contributed by atoms with E-state index in [9.17, 15) is 9.59 Å². The molecule has 24 heavy (non-hydrogen) atoms. The highest BCUT2D eigenvalue weighted by molar-refractivity contribution is 7.99. The standard InChI is InChI=1S/C16H18N4O3S/c21-13(9-24-16-19-18-14(23-16)10-3-4-10)11-7-12(17-8-11)15(22)20-5-1-2-6-20/h7-8,10,17H,1-6,9H2. The number of ketones is 1. The van der Waals surface area contributed by atoms with Crippen molar-refractivity contribution in [1.82, 2.24) is 20.1 Å². The summed E-state index contributed by atoms with van der Waals surface area (Å²) in [6.45, 7) is 1.58. The van der Waals surface area contributed by atoms with Crippen LogP contribution in [0.25, 0.3) is 0 Å². The van der Waals surface area contributed by atoms with Crippen LogP contribution in [0.15, 0.2) is 21.9 Å². The van der Waals surface area contributed by atoms with Gasteiger partial charge in [-0.1, -0.05) is 11.8 Å². The van der Waals surface area contributed by atoms with Gasteiger partial charge in [0.25, 0.3) is 11.1 Å². The summed E-state index contributed by atoms with van der Waals surface area (Å²) in [5.41, 5.74) is 0.978. The molecule has 1 saturated heterocycles. The van der Waals surface area contributed by atoms with E-state index in [1.54, 1.807) is 12.3 Å². The quantitative estimate of drug-likeness (QED) is 0.638. The van der Waals surface area contributed by atoms with Crippen LogP contribution in [0, 0.1) is 0 Å². The molecular formula is C16H18N4O3S. The lowest BCUT2D eigenvalue weighted by atomic mass is 10.2. The lowest BCUT2D eigenvalue weighted by Crippen LogP contribution is -2.27. The molecule has 0 atom stereocenters. The van der Waals surface area contributed by atoms with Crippen LogP contribution in [0.3, 0.4) is 0 Å². The van der Waals surface area contributed by atoms with Crippen molar-refractivity contribution in [2.24, 2.45) is 0 Å². The number of Topliss-reactive ketones (excluding diaryl/α,β-unsaturated/α-hetero) is 1. The highest BCUT2D eigenvalue weighted by Gasteiger charge is 2.29. The van der Waals surface area contributed by atoms with Crippen LogP contribution in [0.1, 0.15) is 58.3 Å². The number of hydrogen-bond donors (Lipinski definition) is 1. The van der Waals surface area contributed by atoms with Crippen LogP contribution in [0.5, 0.6) is 0 Å². The van der Waals surface area contributed by atoms with E-state index in [0.29, 0.717) is 28.3 Å². The van der Waals surface area contributed by atoms with Gasteiger partial charge in [0.2, 0.25) is 5.89 Å². The summed E-state index contributed by atoms with van der Waals surface area (Å²) in [6.07, 6.45) is 5.88. The molecule has 1 amide bonds. The van der Waals surface area contributed by atoms with Crippen LogP contribution in [-0.2, 0) is 0 Å². The Balaban J connectivity index is 1.34. The Hall–Kier alpha value is -2.09. The van der Waals surface area contributed by atoms with E-state index in [0.717, 1.165) is 38.8 Å². The number of aromatic amines is 1. The van der Waals surface area contributed by atoms with Crippen LogP contribution in [-0.4, -0.2) is 50.6 Å². The second kappa shape index (κ2) is 6.43. The minimum atomic E-state index is -0.0668. The van der Waals surface area contributed by atoms with E-state index in [-0.39, 0.29) is 17.4 Å². The van der Waals surface area contributed by atoms with E-state index in [1.807, 2.05) is 4.90 Å². The van der Waals surface area contributed by atoms with E-state index < -0.39 is 0 Å². The van der Waals surface area contributed by atoms with E-state index in [1.165, 1.54) is 11.8 Å². The smallest absolute Gasteiger partial charge is 0.277 e. The molecule has 2 fully saturated rings. The molecule has 7 nitrogen and oxygen atoms in total. The predicted octanol–water partition coefficient (Wildman–Crippen LogP) is 2.49. The van der Waals surface area contributed by atoms with Gasteiger partial charge in [-0.25, -0.2) is 0 Å².